The first-order valence-electron chi connectivity index (χ1n) is 9.57. The highest BCUT2D eigenvalue weighted by atomic mass is 16.5. The lowest BCUT2D eigenvalue weighted by Gasteiger charge is -2.10. The second-order valence-electron chi connectivity index (χ2n) is 6.70. The van der Waals surface area contributed by atoms with Crippen LogP contribution in [0, 0.1) is 0 Å². The number of fused-ring (bicyclic) bond motifs is 1. The topological polar surface area (TPSA) is 78.3 Å². The fraction of sp³-hybridized carbons (Fsp3) is 0.174. The van der Waals surface area contributed by atoms with Crippen LogP contribution in [-0.2, 0) is 6.42 Å². The molecule has 7 heteroatoms. The highest BCUT2D eigenvalue weighted by Gasteiger charge is 2.09. The molecular weight excluding hydrogens is 380 g/mol. The Morgan fingerprint density at radius 3 is 2.57 bits per heavy atom. The molecule has 0 aliphatic carbocycles. The fourth-order valence-electron chi connectivity index (χ4n) is 3.27. The molecule has 2 heterocycles. The number of imidazole rings is 1. The van der Waals surface area contributed by atoms with Crippen LogP contribution < -0.4 is 14.8 Å². The van der Waals surface area contributed by atoms with Crippen LogP contribution in [0.5, 0.6) is 11.5 Å². The quantitative estimate of drug-likeness (QED) is 0.513. The van der Waals surface area contributed by atoms with Gasteiger partial charge in [0, 0.05) is 24.0 Å². The smallest absolute Gasteiger partial charge is 0.251 e. The van der Waals surface area contributed by atoms with Crippen LogP contribution in [0.3, 0.4) is 0 Å². The maximum absolute atomic E-state index is 12.5. The summed E-state index contributed by atoms with van der Waals surface area (Å²) in [5.74, 6) is 1.25. The third kappa shape index (κ3) is 3.96. The zero-order chi connectivity index (χ0) is 20.9. The molecule has 0 spiro atoms. The van der Waals surface area contributed by atoms with Gasteiger partial charge in [0.25, 0.3) is 5.91 Å². The van der Waals surface area contributed by atoms with Crippen molar-refractivity contribution >= 4 is 17.1 Å². The van der Waals surface area contributed by atoms with E-state index in [1.165, 1.54) is 0 Å². The summed E-state index contributed by atoms with van der Waals surface area (Å²) in [4.78, 5) is 21.2. The zero-order valence-electron chi connectivity index (χ0n) is 16.8. The van der Waals surface area contributed by atoms with Gasteiger partial charge in [0.1, 0.15) is 11.8 Å². The van der Waals surface area contributed by atoms with E-state index in [1.54, 1.807) is 38.9 Å². The van der Waals surface area contributed by atoms with Gasteiger partial charge in [-0.3, -0.25) is 9.36 Å². The Kier molecular flexibility index (Phi) is 5.61. The first kappa shape index (κ1) is 19.4. The Morgan fingerprint density at radius 1 is 1.00 bits per heavy atom. The lowest BCUT2D eigenvalue weighted by atomic mass is 10.1. The number of carbonyl (C=O) groups excluding carboxylic acids is 1. The fourth-order valence-corrected chi connectivity index (χ4v) is 3.27. The van der Waals surface area contributed by atoms with Gasteiger partial charge in [0.05, 0.1) is 14.2 Å². The van der Waals surface area contributed by atoms with Crippen molar-refractivity contribution in [3.05, 3.63) is 78.2 Å². The van der Waals surface area contributed by atoms with Crippen molar-refractivity contribution in [2.45, 2.75) is 6.42 Å². The summed E-state index contributed by atoms with van der Waals surface area (Å²) in [6.45, 7) is 0.520. The maximum Gasteiger partial charge on any atom is 0.251 e. The minimum absolute atomic E-state index is 0.115. The molecule has 0 radical (unpaired) electrons. The van der Waals surface area contributed by atoms with Crippen molar-refractivity contribution in [2.75, 3.05) is 20.8 Å². The SMILES string of the molecule is COc1ccc(CCNC(=O)c2ccc(-n3cnc4cccnc43)cc2)cc1OC. The Bertz CT molecular complexity index is 1170. The standard InChI is InChI=1S/C23H22N4O3/c1-29-20-10-5-16(14-21(20)30-2)11-13-25-23(28)17-6-8-18(9-7-17)27-15-26-19-4-3-12-24-22(19)27/h3-10,12,14-15H,11,13H2,1-2H3,(H,25,28). The predicted octanol–water partition coefficient (Wildman–Crippen LogP) is 3.41. The molecule has 2 aromatic heterocycles. The lowest BCUT2D eigenvalue weighted by Crippen LogP contribution is -2.25. The Hall–Kier alpha value is -3.87. The molecule has 0 fully saturated rings. The van der Waals surface area contributed by atoms with E-state index in [0.29, 0.717) is 30.0 Å². The second kappa shape index (κ2) is 8.65. The van der Waals surface area contributed by atoms with Gasteiger partial charge in [-0.15, -0.1) is 0 Å². The van der Waals surface area contributed by atoms with E-state index in [-0.39, 0.29) is 5.91 Å². The molecule has 0 aliphatic heterocycles. The molecule has 1 amide bonds. The number of nitrogens with one attached hydrogen (secondary N) is 1. The van der Waals surface area contributed by atoms with Gasteiger partial charge in [-0.05, 0) is 60.5 Å². The second-order valence-corrected chi connectivity index (χ2v) is 6.70. The molecule has 0 bridgehead atoms. The van der Waals surface area contributed by atoms with Crippen LogP contribution in [-0.4, -0.2) is 41.2 Å². The average molecular weight is 402 g/mol. The molecule has 0 atom stereocenters. The summed E-state index contributed by atoms with van der Waals surface area (Å²) in [7, 11) is 3.21. The molecule has 0 aliphatic rings. The van der Waals surface area contributed by atoms with E-state index >= 15 is 0 Å². The Morgan fingerprint density at radius 2 is 1.80 bits per heavy atom. The number of pyridine rings is 1. The Labute approximate surface area is 174 Å². The van der Waals surface area contributed by atoms with Crippen molar-refractivity contribution in [2.24, 2.45) is 0 Å². The molecule has 152 valence electrons. The van der Waals surface area contributed by atoms with Gasteiger partial charge in [0.2, 0.25) is 0 Å². The average Bonchev–Trinajstić information content (AvgIpc) is 3.23. The number of amides is 1. The monoisotopic (exact) mass is 402 g/mol. The number of hydrogen-bond acceptors (Lipinski definition) is 5. The molecule has 30 heavy (non-hydrogen) atoms. The number of carbonyl (C=O) groups is 1. The van der Waals surface area contributed by atoms with Crippen LogP contribution >= 0.6 is 0 Å². The summed E-state index contributed by atoms with van der Waals surface area (Å²) in [6, 6.07) is 16.9. The van der Waals surface area contributed by atoms with E-state index in [1.807, 2.05) is 47.0 Å². The largest absolute Gasteiger partial charge is 0.493 e. The van der Waals surface area contributed by atoms with Crippen molar-refractivity contribution < 1.29 is 14.3 Å². The highest BCUT2D eigenvalue weighted by Crippen LogP contribution is 2.27. The Balaban J connectivity index is 1.38. The van der Waals surface area contributed by atoms with Crippen LogP contribution in [0.4, 0.5) is 0 Å². The number of aromatic nitrogens is 3. The summed E-state index contributed by atoms with van der Waals surface area (Å²) < 4.78 is 12.5. The summed E-state index contributed by atoms with van der Waals surface area (Å²) in [5, 5.41) is 2.95. The van der Waals surface area contributed by atoms with E-state index in [0.717, 1.165) is 22.4 Å². The van der Waals surface area contributed by atoms with E-state index < -0.39 is 0 Å². The number of rotatable bonds is 7. The molecule has 0 saturated heterocycles. The van der Waals surface area contributed by atoms with Gasteiger partial charge in [0.15, 0.2) is 17.1 Å². The van der Waals surface area contributed by atoms with Crippen LogP contribution in [0.25, 0.3) is 16.9 Å². The van der Waals surface area contributed by atoms with E-state index in [2.05, 4.69) is 15.3 Å². The van der Waals surface area contributed by atoms with Crippen molar-refractivity contribution in [3.8, 4) is 17.2 Å². The molecule has 0 unspecified atom stereocenters. The molecular formula is C23H22N4O3. The van der Waals surface area contributed by atoms with E-state index in [4.69, 9.17) is 9.47 Å². The molecule has 7 nitrogen and oxygen atoms in total. The van der Waals surface area contributed by atoms with Gasteiger partial charge < -0.3 is 14.8 Å². The van der Waals surface area contributed by atoms with Crippen LogP contribution in [0.1, 0.15) is 15.9 Å². The minimum atomic E-state index is -0.115. The normalized spacial score (nSPS) is 10.7. The summed E-state index contributed by atoms with van der Waals surface area (Å²) in [5.41, 5.74) is 4.17. The molecule has 4 aromatic rings. The summed E-state index contributed by atoms with van der Waals surface area (Å²) in [6.07, 6.45) is 4.16. The maximum atomic E-state index is 12.5. The molecule has 4 rings (SSSR count). The zero-order valence-corrected chi connectivity index (χ0v) is 16.8. The molecule has 1 N–H and O–H groups in total. The third-order valence-electron chi connectivity index (χ3n) is 4.86. The first-order valence-corrected chi connectivity index (χ1v) is 9.57. The predicted molar refractivity (Wildman–Crippen MR) is 114 cm³/mol. The third-order valence-corrected chi connectivity index (χ3v) is 4.86. The highest BCUT2D eigenvalue weighted by molar-refractivity contribution is 5.94. The van der Waals surface area contributed by atoms with Gasteiger partial charge in [-0.2, -0.15) is 0 Å². The van der Waals surface area contributed by atoms with Gasteiger partial charge in [-0.25, -0.2) is 9.97 Å². The van der Waals surface area contributed by atoms with Crippen molar-refractivity contribution in [1.29, 1.82) is 0 Å². The number of nitrogens with zero attached hydrogens (tertiary/aromatic N) is 3. The minimum Gasteiger partial charge on any atom is -0.493 e. The van der Waals surface area contributed by atoms with Crippen LogP contribution in [0.2, 0.25) is 0 Å². The lowest BCUT2D eigenvalue weighted by molar-refractivity contribution is 0.0954. The van der Waals surface area contributed by atoms with Crippen molar-refractivity contribution in [1.82, 2.24) is 19.9 Å². The number of benzene rings is 2. The van der Waals surface area contributed by atoms with Crippen LogP contribution in [0.15, 0.2) is 67.1 Å². The summed E-state index contributed by atoms with van der Waals surface area (Å²) >= 11 is 0. The van der Waals surface area contributed by atoms with E-state index in [9.17, 15) is 4.79 Å². The molecule has 0 saturated carbocycles. The molecule has 2 aromatic carbocycles. The number of ether oxygens (including phenoxy) is 2. The first-order chi connectivity index (χ1) is 14.7. The van der Waals surface area contributed by atoms with Crippen molar-refractivity contribution in [3.63, 3.8) is 0 Å². The van der Waals surface area contributed by atoms with Gasteiger partial charge >= 0.3 is 0 Å². The number of hydrogen-bond donors (Lipinski definition) is 1. The number of methoxy groups -OCH3 is 2. The van der Waals surface area contributed by atoms with Gasteiger partial charge in [-0.1, -0.05) is 6.07 Å².